The van der Waals surface area contributed by atoms with Gasteiger partial charge in [-0.2, -0.15) is 0 Å². The minimum atomic E-state index is 0. The van der Waals surface area contributed by atoms with E-state index in [0.29, 0.717) is 5.92 Å². The Bertz CT molecular complexity index is 605. The summed E-state index contributed by atoms with van der Waals surface area (Å²) in [5, 5.41) is 15.1. The summed E-state index contributed by atoms with van der Waals surface area (Å²) in [6.45, 7) is 6.18. The lowest BCUT2D eigenvalue weighted by atomic mass is 10.0. The van der Waals surface area contributed by atoms with Crippen LogP contribution >= 0.6 is 24.0 Å². The molecule has 128 valence electrons. The van der Waals surface area contributed by atoms with Crippen molar-refractivity contribution in [1.29, 1.82) is 0 Å². The summed E-state index contributed by atoms with van der Waals surface area (Å²) in [5.41, 5.74) is 0.883. The van der Waals surface area contributed by atoms with Crippen molar-refractivity contribution >= 4 is 35.6 Å². The first kappa shape index (κ1) is 19.7. The van der Waals surface area contributed by atoms with Gasteiger partial charge in [-0.05, 0) is 18.1 Å². The Morgan fingerprint density at radius 2 is 2.00 bits per heavy atom. The van der Waals surface area contributed by atoms with E-state index in [9.17, 15) is 0 Å². The molecular weight excluding hydrogens is 403 g/mol. The largest absolute Gasteiger partial charge is 0.356 e. The Hall–Kier alpha value is -1.38. The van der Waals surface area contributed by atoms with Crippen LogP contribution in [0.4, 0.5) is 0 Å². The molecule has 2 rings (SSSR count). The molecule has 0 amide bonds. The maximum Gasteiger partial charge on any atom is 0.190 e. The molecule has 0 aliphatic heterocycles. The third-order valence-corrected chi connectivity index (χ3v) is 3.96. The van der Waals surface area contributed by atoms with Crippen LogP contribution in [0, 0.1) is 5.92 Å². The van der Waals surface area contributed by atoms with Crippen molar-refractivity contribution in [1.82, 2.24) is 25.2 Å². The van der Waals surface area contributed by atoms with Gasteiger partial charge < -0.3 is 10.6 Å². The van der Waals surface area contributed by atoms with Gasteiger partial charge in [0.2, 0.25) is 0 Å². The van der Waals surface area contributed by atoms with Crippen LogP contribution in [0.2, 0.25) is 0 Å². The van der Waals surface area contributed by atoms with Gasteiger partial charge in [0, 0.05) is 32.8 Å². The number of hydrogen-bond donors (Lipinski definition) is 2. The summed E-state index contributed by atoms with van der Waals surface area (Å²) in [6, 6.07) is 5.92. The average molecular weight is 430 g/mol. The van der Waals surface area contributed by atoms with Crippen molar-refractivity contribution < 1.29 is 0 Å². The minimum Gasteiger partial charge on any atom is -0.356 e. The van der Waals surface area contributed by atoms with Gasteiger partial charge in [0.25, 0.3) is 0 Å². The Kier molecular flexibility index (Phi) is 8.90. The predicted molar refractivity (Wildman–Crippen MR) is 106 cm³/mol. The fourth-order valence-electron chi connectivity index (χ4n) is 2.39. The first-order valence-corrected chi connectivity index (χ1v) is 8.01. The second kappa shape index (κ2) is 10.4. The summed E-state index contributed by atoms with van der Waals surface area (Å²) in [4.78, 5) is 4.26. The topological polar surface area (TPSA) is 66.6 Å². The summed E-state index contributed by atoms with van der Waals surface area (Å²) >= 11 is 0. The zero-order chi connectivity index (χ0) is 15.8. The molecule has 0 aliphatic rings. The predicted octanol–water partition coefficient (Wildman–Crippen LogP) is 2.49. The Morgan fingerprint density at radius 3 is 2.70 bits per heavy atom. The van der Waals surface area contributed by atoms with Gasteiger partial charge in [-0.1, -0.05) is 32.8 Å². The normalized spacial score (nSPS) is 11.6. The minimum absolute atomic E-state index is 0. The lowest BCUT2D eigenvalue weighted by Crippen LogP contribution is -2.40. The van der Waals surface area contributed by atoms with E-state index < -0.39 is 0 Å². The highest BCUT2D eigenvalue weighted by Crippen LogP contribution is 2.05. The van der Waals surface area contributed by atoms with E-state index in [2.05, 4.69) is 39.7 Å². The van der Waals surface area contributed by atoms with Crippen molar-refractivity contribution in [3.63, 3.8) is 0 Å². The SMILES string of the molecule is CCC(CC)CNC(=NC)NCCc1nnc2ccccn12.I. The van der Waals surface area contributed by atoms with Crippen LogP contribution in [0.3, 0.4) is 0 Å². The maximum atomic E-state index is 4.26. The van der Waals surface area contributed by atoms with E-state index in [-0.39, 0.29) is 24.0 Å². The van der Waals surface area contributed by atoms with Crippen molar-refractivity contribution in [3.05, 3.63) is 30.2 Å². The van der Waals surface area contributed by atoms with Gasteiger partial charge in [0.05, 0.1) is 0 Å². The monoisotopic (exact) mass is 430 g/mol. The number of nitrogens with zero attached hydrogens (tertiary/aromatic N) is 4. The van der Waals surface area contributed by atoms with Crippen molar-refractivity contribution in [2.24, 2.45) is 10.9 Å². The first-order chi connectivity index (χ1) is 10.8. The number of hydrogen-bond acceptors (Lipinski definition) is 3. The second-order valence-electron chi connectivity index (χ2n) is 5.36. The molecule has 0 unspecified atom stereocenters. The van der Waals surface area contributed by atoms with E-state index in [1.807, 2.05) is 28.8 Å². The van der Waals surface area contributed by atoms with Gasteiger partial charge in [-0.15, -0.1) is 34.2 Å². The molecule has 0 aliphatic carbocycles. The Balaban J connectivity index is 0.00000264. The van der Waals surface area contributed by atoms with Crippen LogP contribution in [0.25, 0.3) is 5.65 Å². The highest BCUT2D eigenvalue weighted by Gasteiger charge is 2.06. The number of aliphatic imine (C=N–C) groups is 1. The molecule has 6 nitrogen and oxygen atoms in total. The van der Waals surface area contributed by atoms with E-state index >= 15 is 0 Å². The fourth-order valence-corrected chi connectivity index (χ4v) is 2.39. The quantitative estimate of drug-likeness (QED) is 0.403. The van der Waals surface area contributed by atoms with Crippen molar-refractivity contribution in [2.75, 3.05) is 20.1 Å². The molecule has 2 N–H and O–H groups in total. The van der Waals surface area contributed by atoms with Crippen LogP contribution < -0.4 is 10.6 Å². The highest BCUT2D eigenvalue weighted by atomic mass is 127. The average Bonchev–Trinajstić information content (AvgIpc) is 2.97. The molecule has 23 heavy (non-hydrogen) atoms. The fraction of sp³-hybridized carbons (Fsp3) is 0.562. The third kappa shape index (κ3) is 5.63. The lowest BCUT2D eigenvalue weighted by molar-refractivity contribution is 0.481. The van der Waals surface area contributed by atoms with Gasteiger partial charge in [0.15, 0.2) is 11.6 Å². The molecule has 0 fully saturated rings. The smallest absolute Gasteiger partial charge is 0.190 e. The lowest BCUT2D eigenvalue weighted by Gasteiger charge is -2.16. The molecule has 2 aromatic heterocycles. The zero-order valence-corrected chi connectivity index (χ0v) is 16.4. The van der Waals surface area contributed by atoms with E-state index in [0.717, 1.165) is 36.9 Å². The molecule has 0 aromatic carbocycles. The van der Waals surface area contributed by atoms with Crippen LogP contribution in [-0.4, -0.2) is 40.7 Å². The van der Waals surface area contributed by atoms with Crippen LogP contribution in [0.5, 0.6) is 0 Å². The highest BCUT2D eigenvalue weighted by molar-refractivity contribution is 14.0. The van der Waals surface area contributed by atoms with Crippen LogP contribution in [0.15, 0.2) is 29.4 Å². The standard InChI is InChI=1S/C16H26N6.HI/c1-4-13(5-2)12-19-16(17-3)18-10-9-15-21-20-14-8-6-7-11-22(14)15;/h6-8,11,13H,4-5,9-10,12H2,1-3H3,(H2,17,18,19);1H. The molecule has 0 atom stereocenters. The molecule has 0 saturated heterocycles. The first-order valence-electron chi connectivity index (χ1n) is 8.01. The van der Waals surface area contributed by atoms with E-state index in [1.165, 1.54) is 12.8 Å². The number of guanidine groups is 1. The van der Waals surface area contributed by atoms with Gasteiger partial charge in [-0.25, -0.2) is 0 Å². The summed E-state index contributed by atoms with van der Waals surface area (Å²) in [5.74, 6) is 2.50. The Morgan fingerprint density at radius 1 is 1.22 bits per heavy atom. The third-order valence-electron chi connectivity index (χ3n) is 3.96. The number of halogens is 1. The number of fused-ring (bicyclic) bond motifs is 1. The molecular formula is C16H27IN6. The van der Waals surface area contributed by atoms with Gasteiger partial charge >= 0.3 is 0 Å². The molecule has 2 aromatic rings. The van der Waals surface area contributed by atoms with Crippen LogP contribution in [-0.2, 0) is 6.42 Å². The molecule has 0 bridgehead atoms. The molecule has 0 radical (unpaired) electrons. The number of nitrogens with one attached hydrogen (secondary N) is 2. The van der Waals surface area contributed by atoms with E-state index in [4.69, 9.17) is 0 Å². The van der Waals surface area contributed by atoms with Gasteiger partial charge in [0.1, 0.15) is 5.82 Å². The number of pyridine rings is 1. The molecule has 0 spiro atoms. The summed E-state index contributed by atoms with van der Waals surface area (Å²) in [7, 11) is 1.80. The molecule has 7 heteroatoms. The zero-order valence-electron chi connectivity index (χ0n) is 14.1. The van der Waals surface area contributed by atoms with Crippen LogP contribution in [0.1, 0.15) is 32.5 Å². The second-order valence-corrected chi connectivity index (χ2v) is 5.36. The number of rotatable bonds is 7. The van der Waals surface area contributed by atoms with Crippen molar-refractivity contribution in [2.45, 2.75) is 33.1 Å². The summed E-state index contributed by atoms with van der Waals surface area (Å²) in [6.07, 6.45) is 5.17. The summed E-state index contributed by atoms with van der Waals surface area (Å²) < 4.78 is 2.02. The maximum absolute atomic E-state index is 4.26. The molecule has 0 saturated carbocycles. The Labute approximate surface area is 155 Å². The van der Waals surface area contributed by atoms with E-state index in [1.54, 1.807) is 7.05 Å². The number of aromatic nitrogens is 3. The molecule has 2 heterocycles. The van der Waals surface area contributed by atoms with Gasteiger partial charge in [-0.3, -0.25) is 9.39 Å². The van der Waals surface area contributed by atoms with Crippen molar-refractivity contribution in [3.8, 4) is 0 Å².